The minimum Gasteiger partial charge on any atom is -0.269 e. The third-order valence-electron chi connectivity index (χ3n) is 3.81. The van der Waals surface area contributed by atoms with E-state index in [0.29, 0.717) is 10.7 Å². The summed E-state index contributed by atoms with van der Waals surface area (Å²) in [4.78, 5) is 8.45. The monoisotopic (exact) mass is 474 g/mol. The Morgan fingerprint density at radius 2 is 1.62 bits per heavy atom. The van der Waals surface area contributed by atoms with Crippen LogP contribution in [0.25, 0.3) is 0 Å². The molecule has 0 amide bonds. The van der Waals surface area contributed by atoms with E-state index in [-0.39, 0.29) is 17.1 Å². The van der Waals surface area contributed by atoms with Crippen molar-refractivity contribution in [2.45, 2.75) is 31.3 Å². The predicted octanol–water partition coefficient (Wildman–Crippen LogP) is 2.69. The van der Waals surface area contributed by atoms with Gasteiger partial charge in [-0.05, 0) is 38.0 Å². The summed E-state index contributed by atoms with van der Waals surface area (Å²) in [6.07, 6.45) is 0.289. The molecule has 1 aromatic carbocycles. The first-order valence-electron chi connectivity index (χ1n) is 8.22. The molecule has 0 aliphatic rings. The van der Waals surface area contributed by atoms with Gasteiger partial charge in [-0.3, -0.25) is 9.27 Å². The SMILES string of the molecule is Cc1nc([C@H](Cc2ccc(NS(=O)(=O)O)cc2)NS(=O)(=O)c2csc(C)n2)cs1. The zero-order chi connectivity index (χ0) is 21.2. The lowest BCUT2D eigenvalue weighted by molar-refractivity contribution is 0.489. The van der Waals surface area contributed by atoms with Crippen LogP contribution in [0.15, 0.2) is 40.1 Å². The zero-order valence-corrected chi connectivity index (χ0v) is 18.6. The molecule has 3 aromatic rings. The maximum Gasteiger partial charge on any atom is 0.357 e. The molecule has 0 unspecified atom stereocenters. The molecule has 0 saturated carbocycles. The standard InChI is InChI=1S/C16H18N4O5S4/c1-10-17-15(8-26-10)14(20-28(21,22)16-9-27-11(2)18-16)7-12-3-5-13(6-4-12)19-29(23,24)25/h3-6,8-9,14,19-20H,7H2,1-2H3,(H,23,24,25)/t14-/m0/s1. The number of aryl methyl sites for hydroxylation is 2. The van der Waals surface area contributed by atoms with E-state index in [0.717, 1.165) is 10.6 Å². The lowest BCUT2D eigenvalue weighted by Crippen LogP contribution is -2.30. The Labute approximate surface area is 176 Å². The van der Waals surface area contributed by atoms with E-state index in [2.05, 4.69) is 14.7 Å². The third-order valence-corrected chi connectivity index (χ3v) is 7.37. The van der Waals surface area contributed by atoms with Crippen LogP contribution in [0.5, 0.6) is 0 Å². The highest BCUT2D eigenvalue weighted by Crippen LogP contribution is 2.24. The fraction of sp³-hybridized carbons (Fsp3) is 0.250. The van der Waals surface area contributed by atoms with Gasteiger partial charge in [-0.15, -0.1) is 22.7 Å². The van der Waals surface area contributed by atoms with E-state index in [9.17, 15) is 16.8 Å². The van der Waals surface area contributed by atoms with Crippen LogP contribution < -0.4 is 9.44 Å². The van der Waals surface area contributed by atoms with Crippen LogP contribution in [0, 0.1) is 13.8 Å². The Balaban J connectivity index is 1.85. The van der Waals surface area contributed by atoms with Gasteiger partial charge in [0.05, 0.1) is 27.4 Å². The van der Waals surface area contributed by atoms with Crippen LogP contribution in [-0.4, -0.2) is 31.4 Å². The Bertz CT molecular complexity index is 1200. The van der Waals surface area contributed by atoms with Crippen LogP contribution >= 0.6 is 22.7 Å². The van der Waals surface area contributed by atoms with Crippen LogP contribution in [0.3, 0.4) is 0 Å². The second kappa shape index (κ2) is 8.45. The molecule has 13 heteroatoms. The van der Waals surface area contributed by atoms with Gasteiger partial charge in [0, 0.05) is 10.8 Å². The quantitative estimate of drug-likeness (QED) is 0.427. The van der Waals surface area contributed by atoms with Crippen LogP contribution in [0.1, 0.15) is 27.3 Å². The first kappa shape index (κ1) is 21.8. The molecule has 1 atom stereocenters. The number of anilines is 1. The van der Waals surface area contributed by atoms with E-state index < -0.39 is 26.4 Å². The minimum absolute atomic E-state index is 0.0374. The van der Waals surface area contributed by atoms with Gasteiger partial charge in [-0.1, -0.05) is 12.1 Å². The summed E-state index contributed by atoms with van der Waals surface area (Å²) < 4.78 is 60.7. The Morgan fingerprint density at radius 3 is 2.14 bits per heavy atom. The van der Waals surface area contributed by atoms with Crippen molar-refractivity contribution in [2.75, 3.05) is 4.72 Å². The van der Waals surface area contributed by atoms with Gasteiger partial charge in [-0.25, -0.2) is 23.1 Å². The van der Waals surface area contributed by atoms with E-state index >= 15 is 0 Å². The largest absolute Gasteiger partial charge is 0.357 e. The van der Waals surface area contributed by atoms with Crippen molar-refractivity contribution in [3.8, 4) is 0 Å². The van der Waals surface area contributed by atoms with Gasteiger partial charge in [-0.2, -0.15) is 8.42 Å². The molecule has 3 rings (SSSR count). The molecule has 2 heterocycles. The minimum atomic E-state index is -4.36. The molecule has 29 heavy (non-hydrogen) atoms. The smallest absolute Gasteiger partial charge is 0.269 e. The molecule has 0 spiro atoms. The molecule has 2 aromatic heterocycles. The summed E-state index contributed by atoms with van der Waals surface area (Å²) in [5.41, 5.74) is 1.53. The Hall–Kier alpha value is -1.90. The summed E-state index contributed by atoms with van der Waals surface area (Å²) >= 11 is 2.66. The maximum atomic E-state index is 12.7. The molecule has 0 saturated heterocycles. The topological polar surface area (TPSA) is 138 Å². The number of benzene rings is 1. The van der Waals surface area contributed by atoms with Crippen LogP contribution in [0.2, 0.25) is 0 Å². The van der Waals surface area contributed by atoms with E-state index in [1.165, 1.54) is 40.2 Å². The number of thiazole rings is 2. The molecule has 9 nitrogen and oxygen atoms in total. The van der Waals surface area contributed by atoms with Crippen molar-refractivity contribution in [2.24, 2.45) is 0 Å². The number of nitrogens with zero attached hydrogens (tertiary/aromatic N) is 2. The van der Waals surface area contributed by atoms with Gasteiger partial charge in [0.25, 0.3) is 10.0 Å². The van der Waals surface area contributed by atoms with Crippen molar-refractivity contribution in [3.05, 3.63) is 56.3 Å². The lowest BCUT2D eigenvalue weighted by Gasteiger charge is -2.17. The number of sulfonamides is 1. The van der Waals surface area contributed by atoms with Gasteiger partial charge in [0.2, 0.25) is 0 Å². The molecular weight excluding hydrogens is 456 g/mol. The fourth-order valence-corrected chi connectivity index (χ4v) is 5.80. The van der Waals surface area contributed by atoms with Crippen molar-refractivity contribution in [3.63, 3.8) is 0 Å². The lowest BCUT2D eigenvalue weighted by atomic mass is 10.0. The van der Waals surface area contributed by atoms with Crippen molar-refractivity contribution >= 4 is 48.7 Å². The van der Waals surface area contributed by atoms with Crippen molar-refractivity contribution in [1.29, 1.82) is 0 Å². The third kappa shape index (κ3) is 6.04. The zero-order valence-electron chi connectivity index (χ0n) is 15.4. The second-order valence-electron chi connectivity index (χ2n) is 6.15. The average molecular weight is 475 g/mol. The van der Waals surface area contributed by atoms with Gasteiger partial charge in [0.1, 0.15) is 0 Å². The van der Waals surface area contributed by atoms with Gasteiger partial charge in [0.15, 0.2) is 5.03 Å². The molecule has 3 N–H and O–H groups in total. The maximum absolute atomic E-state index is 12.7. The predicted molar refractivity (Wildman–Crippen MR) is 112 cm³/mol. The van der Waals surface area contributed by atoms with Crippen molar-refractivity contribution < 1.29 is 21.4 Å². The summed E-state index contributed by atoms with van der Waals surface area (Å²) in [6.45, 7) is 3.56. The molecule has 0 bridgehead atoms. The van der Waals surface area contributed by atoms with Crippen LogP contribution in [-0.2, 0) is 26.7 Å². The van der Waals surface area contributed by atoms with Crippen molar-refractivity contribution in [1.82, 2.24) is 14.7 Å². The molecular formula is C16H18N4O5S4. The number of hydrogen-bond acceptors (Lipinski definition) is 8. The number of rotatable bonds is 8. The van der Waals surface area contributed by atoms with E-state index in [4.69, 9.17) is 4.55 Å². The average Bonchev–Trinajstić information content (AvgIpc) is 3.23. The number of hydrogen-bond donors (Lipinski definition) is 3. The van der Waals surface area contributed by atoms with Crippen LogP contribution in [0.4, 0.5) is 5.69 Å². The summed E-state index contributed by atoms with van der Waals surface area (Å²) in [5, 5.41) is 4.69. The highest BCUT2D eigenvalue weighted by Gasteiger charge is 2.25. The Kier molecular flexibility index (Phi) is 6.36. The highest BCUT2D eigenvalue weighted by molar-refractivity contribution is 7.89. The second-order valence-corrected chi connectivity index (χ2v) is 11.1. The van der Waals surface area contributed by atoms with Gasteiger partial charge < -0.3 is 0 Å². The number of aromatic nitrogens is 2. The summed E-state index contributed by atoms with van der Waals surface area (Å²) in [5.74, 6) is 0. The molecule has 156 valence electrons. The van der Waals surface area contributed by atoms with E-state index in [1.807, 2.05) is 11.6 Å². The fourth-order valence-electron chi connectivity index (χ4n) is 2.55. The van der Waals surface area contributed by atoms with E-state index in [1.54, 1.807) is 24.4 Å². The first-order chi connectivity index (χ1) is 13.5. The molecule has 0 radical (unpaired) electrons. The summed E-state index contributed by atoms with van der Waals surface area (Å²) in [6, 6.07) is 5.60. The molecule has 0 aliphatic heterocycles. The van der Waals surface area contributed by atoms with Gasteiger partial charge >= 0.3 is 10.3 Å². The molecule has 0 fully saturated rings. The first-order valence-corrected chi connectivity index (χ1v) is 12.9. The number of nitrogens with one attached hydrogen (secondary N) is 2. The summed E-state index contributed by atoms with van der Waals surface area (Å²) in [7, 11) is -8.20. The highest BCUT2D eigenvalue weighted by atomic mass is 32.2. The Morgan fingerprint density at radius 1 is 1.00 bits per heavy atom. The normalized spacial score (nSPS) is 13.3. The molecule has 0 aliphatic carbocycles.